The lowest BCUT2D eigenvalue weighted by molar-refractivity contribution is 0.0911. The van der Waals surface area contributed by atoms with E-state index in [0.29, 0.717) is 5.82 Å². The van der Waals surface area contributed by atoms with Gasteiger partial charge in [0.15, 0.2) is 15.6 Å². The van der Waals surface area contributed by atoms with Crippen molar-refractivity contribution >= 4 is 15.7 Å². The molecule has 4 rings (SSSR count). The van der Waals surface area contributed by atoms with E-state index >= 15 is 0 Å². The summed E-state index contributed by atoms with van der Waals surface area (Å²) >= 11 is 0. The Morgan fingerprint density at radius 3 is 2.35 bits per heavy atom. The van der Waals surface area contributed by atoms with Crippen LogP contribution in [0, 0.1) is 0 Å². The van der Waals surface area contributed by atoms with Crippen LogP contribution in [0.1, 0.15) is 33.7 Å². The third-order valence-corrected chi connectivity index (χ3v) is 6.50. The van der Waals surface area contributed by atoms with Gasteiger partial charge in [-0.2, -0.15) is 0 Å². The highest BCUT2D eigenvalue weighted by molar-refractivity contribution is 7.90. The minimum absolute atomic E-state index is 0.0356. The topological polar surface area (TPSA) is 94.2 Å². The Bertz CT molecular complexity index is 1280. The maximum Gasteiger partial charge on any atom is 0.287 e. The Kier molecular flexibility index (Phi) is 5.73. The van der Waals surface area contributed by atoms with Crippen LogP contribution >= 0.6 is 0 Å². The zero-order chi connectivity index (χ0) is 21.8. The Hall–Kier alpha value is -3.65. The maximum absolute atomic E-state index is 12.9. The van der Waals surface area contributed by atoms with Crippen LogP contribution in [-0.4, -0.2) is 23.9 Å². The minimum Gasteiger partial charge on any atom is -0.455 e. The molecule has 2 aromatic carbocycles. The van der Waals surface area contributed by atoms with E-state index in [1.807, 2.05) is 41.9 Å². The van der Waals surface area contributed by atoms with Gasteiger partial charge in [0.05, 0.1) is 4.90 Å². The van der Waals surface area contributed by atoms with Crippen molar-refractivity contribution < 1.29 is 17.6 Å². The fourth-order valence-electron chi connectivity index (χ4n) is 3.28. The molecule has 1 amide bonds. The van der Waals surface area contributed by atoms with Gasteiger partial charge >= 0.3 is 0 Å². The molecule has 2 aromatic heterocycles. The Morgan fingerprint density at radius 2 is 1.71 bits per heavy atom. The van der Waals surface area contributed by atoms with Gasteiger partial charge in [-0.15, -0.1) is 0 Å². The number of imidazole rings is 1. The van der Waals surface area contributed by atoms with Crippen LogP contribution in [0.4, 0.5) is 0 Å². The summed E-state index contributed by atoms with van der Waals surface area (Å²) in [5.74, 6) is 0.111. The fraction of sp³-hybridized carbons (Fsp3) is 0.130. The van der Waals surface area contributed by atoms with Gasteiger partial charge in [0.25, 0.3) is 5.91 Å². The van der Waals surface area contributed by atoms with Crippen molar-refractivity contribution in [2.45, 2.75) is 16.7 Å². The minimum atomic E-state index is -3.57. The van der Waals surface area contributed by atoms with Crippen LogP contribution in [0.3, 0.4) is 0 Å². The third-order valence-electron chi connectivity index (χ3n) is 4.85. The van der Waals surface area contributed by atoms with Crippen LogP contribution in [0.25, 0.3) is 0 Å². The van der Waals surface area contributed by atoms with Crippen molar-refractivity contribution in [2.24, 2.45) is 7.05 Å². The van der Waals surface area contributed by atoms with Crippen molar-refractivity contribution in [2.75, 3.05) is 0 Å². The molecule has 0 fully saturated rings. The van der Waals surface area contributed by atoms with Gasteiger partial charge in [0.2, 0.25) is 0 Å². The quantitative estimate of drug-likeness (QED) is 0.479. The SMILES string of the molecule is Cn1ccnc1C(NC(=O)c1ccc(CS(=O)(=O)c2ccccc2)o1)c1ccccc1. The van der Waals surface area contributed by atoms with E-state index in [4.69, 9.17) is 4.42 Å². The van der Waals surface area contributed by atoms with E-state index in [-0.39, 0.29) is 22.2 Å². The van der Waals surface area contributed by atoms with Crippen LogP contribution in [0.5, 0.6) is 0 Å². The number of rotatable bonds is 7. The molecule has 7 nitrogen and oxygen atoms in total. The zero-order valence-corrected chi connectivity index (χ0v) is 17.6. The summed E-state index contributed by atoms with van der Waals surface area (Å²) in [5, 5.41) is 2.94. The van der Waals surface area contributed by atoms with Crippen molar-refractivity contribution in [3.05, 3.63) is 108 Å². The zero-order valence-electron chi connectivity index (χ0n) is 16.8. The molecule has 0 radical (unpaired) electrons. The number of aromatic nitrogens is 2. The lowest BCUT2D eigenvalue weighted by atomic mass is 10.1. The molecule has 2 heterocycles. The first-order valence-electron chi connectivity index (χ1n) is 9.63. The van der Waals surface area contributed by atoms with Crippen LogP contribution in [-0.2, 0) is 22.6 Å². The molecule has 31 heavy (non-hydrogen) atoms. The van der Waals surface area contributed by atoms with Gasteiger partial charge in [-0.3, -0.25) is 4.79 Å². The standard InChI is InChI=1S/C23H21N3O4S/c1-26-15-14-24-22(26)21(17-8-4-2-5-9-17)25-23(27)20-13-12-18(30-20)16-31(28,29)19-10-6-3-7-11-19/h2-15,21H,16H2,1H3,(H,25,27). The van der Waals surface area contributed by atoms with Crippen molar-refractivity contribution in [1.29, 1.82) is 0 Å². The van der Waals surface area contributed by atoms with E-state index < -0.39 is 21.8 Å². The highest BCUT2D eigenvalue weighted by atomic mass is 32.2. The summed E-state index contributed by atoms with van der Waals surface area (Å²) in [4.78, 5) is 17.5. The van der Waals surface area contributed by atoms with Gasteiger partial charge in [-0.25, -0.2) is 13.4 Å². The Balaban J connectivity index is 1.54. The molecule has 1 atom stereocenters. The molecule has 0 saturated heterocycles. The predicted octanol–water partition coefficient (Wildman–Crippen LogP) is 3.51. The molecular formula is C23H21N3O4S. The average Bonchev–Trinajstić information content (AvgIpc) is 3.42. The molecule has 0 bridgehead atoms. The first kappa shape index (κ1) is 20.6. The number of aryl methyl sites for hydroxylation is 1. The van der Waals surface area contributed by atoms with Gasteiger partial charge in [0.1, 0.15) is 23.4 Å². The lowest BCUT2D eigenvalue weighted by Crippen LogP contribution is -2.30. The van der Waals surface area contributed by atoms with Gasteiger partial charge in [0, 0.05) is 19.4 Å². The number of nitrogens with one attached hydrogen (secondary N) is 1. The number of hydrogen-bond donors (Lipinski definition) is 1. The molecule has 1 unspecified atom stereocenters. The summed E-state index contributed by atoms with van der Waals surface area (Å²) in [6.45, 7) is 0. The first-order valence-corrected chi connectivity index (χ1v) is 11.3. The fourth-order valence-corrected chi connectivity index (χ4v) is 4.54. The van der Waals surface area contributed by atoms with E-state index in [9.17, 15) is 13.2 Å². The number of carbonyl (C=O) groups is 1. The molecule has 158 valence electrons. The second kappa shape index (κ2) is 8.61. The first-order chi connectivity index (χ1) is 14.9. The van der Waals surface area contributed by atoms with Crippen LogP contribution < -0.4 is 5.32 Å². The summed E-state index contributed by atoms with van der Waals surface area (Å²) in [6.07, 6.45) is 3.47. The summed E-state index contributed by atoms with van der Waals surface area (Å²) in [5.41, 5.74) is 0.864. The normalized spacial score (nSPS) is 12.4. The van der Waals surface area contributed by atoms with Crippen molar-refractivity contribution in [1.82, 2.24) is 14.9 Å². The second-order valence-corrected chi connectivity index (χ2v) is 9.04. The van der Waals surface area contributed by atoms with Crippen LogP contribution in [0.2, 0.25) is 0 Å². The Morgan fingerprint density at radius 1 is 1.03 bits per heavy atom. The molecule has 1 N–H and O–H groups in total. The highest BCUT2D eigenvalue weighted by Gasteiger charge is 2.24. The molecule has 0 aliphatic carbocycles. The molecule has 4 aromatic rings. The second-order valence-electron chi connectivity index (χ2n) is 7.05. The number of hydrogen-bond acceptors (Lipinski definition) is 5. The molecule has 0 spiro atoms. The number of furan rings is 1. The molecule has 0 saturated carbocycles. The van der Waals surface area contributed by atoms with E-state index in [0.717, 1.165) is 5.56 Å². The Labute approximate surface area is 180 Å². The largest absolute Gasteiger partial charge is 0.455 e. The summed E-state index contributed by atoms with van der Waals surface area (Å²) in [6, 6.07) is 20.1. The number of carbonyl (C=O) groups excluding carboxylic acids is 1. The van der Waals surface area contributed by atoms with Crippen LogP contribution in [0.15, 0.2) is 94.5 Å². The average molecular weight is 436 g/mol. The van der Waals surface area contributed by atoms with Crippen molar-refractivity contribution in [3.63, 3.8) is 0 Å². The molecule has 8 heteroatoms. The molecule has 0 aliphatic rings. The van der Waals surface area contributed by atoms with Gasteiger partial charge in [-0.1, -0.05) is 48.5 Å². The maximum atomic E-state index is 12.9. The van der Waals surface area contributed by atoms with E-state index in [2.05, 4.69) is 10.3 Å². The molecule has 0 aliphatic heterocycles. The van der Waals surface area contributed by atoms with E-state index in [1.54, 1.807) is 30.6 Å². The number of benzene rings is 2. The monoisotopic (exact) mass is 435 g/mol. The summed E-state index contributed by atoms with van der Waals surface area (Å²) < 4.78 is 32.5. The third kappa shape index (κ3) is 4.59. The predicted molar refractivity (Wildman–Crippen MR) is 115 cm³/mol. The van der Waals surface area contributed by atoms with Gasteiger partial charge in [-0.05, 0) is 29.8 Å². The summed E-state index contributed by atoms with van der Waals surface area (Å²) in [7, 11) is -1.72. The van der Waals surface area contributed by atoms with E-state index in [1.165, 1.54) is 24.3 Å². The smallest absolute Gasteiger partial charge is 0.287 e. The number of nitrogens with zero attached hydrogens (tertiary/aromatic N) is 2. The highest BCUT2D eigenvalue weighted by Crippen LogP contribution is 2.22. The number of sulfone groups is 1. The van der Waals surface area contributed by atoms with Gasteiger partial charge < -0.3 is 14.3 Å². The molecular weight excluding hydrogens is 414 g/mol. The number of amides is 1. The lowest BCUT2D eigenvalue weighted by Gasteiger charge is -2.18. The van der Waals surface area contributed by atoms with Crippen molar-refractivity contribution in [3.8, 4) is 0 Å².